The number of fused-ring (bicyclic) bond motifs is 1. The van der Waals surface area contributed by atoms with Gasteiger partial charge in [-0.1, -0.05) is 0 Å². The van der Waals surface area contributed by atoms with Gasteiger partial charge >= 0.3 is 5.97 Å². The van der Waals surface area contributed by atoms with E-state index in [1.807, 2.05) is 0 Å². The zero-order valence-electron chi connectivity index (χ0n) is 10.5. The van der Waals surface area contributed by atoms with Crippen LogP contribution in [-0.2, 0) is 4.74 Å². The van der Waals surface area contributed by atoms with Crippen LogP contribution >= 0.6 is 0 Å². The number of furan rings is 1. The Morgan fingerprint density at radius 2 is 2.21 bits per heavy atom. The molecule has 3 aromatic rings. The number of oxazole rings is 1. The average molecular weight is 257 g/mol. The zero-order valence-corrected chi connectivity index (χ0v) is 10.5. The van der Waals surface area contributed by atoms with Crippen LogP contribution in [0.25, 0.3) is 22.4 Å². The van der Waals surface area contributed by atoms with Crippen LogP contribution in [0, 0.1) is 6.92 Å². The van der Waals surface area contributed by atoms with Crippen LogP contribution < -0.4 is 0 Å². The number of benzene rings is 1. The minimum atomic E-state index is -0.421. The van der Waals surface area contributed by atoms with Crippen molar-refractivity contribution in [1.29, 1.82) is 0 Å². The summed E-state index contributed by atoms with van der Waals surface area (Å²) >= 11 is 0. The van der Waals surface area contributed by atoms with E-state index >= 15 is 0 Å². The highest BCUT2D eigenvalue weighted by molar-refractivity contribution is 5.98. The molecule has 19 heavy (non-hydrogen) atoms. The summed E-state index contributed by atoms with van der Waals surface area (Å²) in [5.74, 6) is 0.729. The van der Waals surface area contributed by atoms with E-state index in [1.165, 1.54) is 7.11 Å². The summed E-state index contributed by atoms with van der Waals surface area (Å²) in [6.07, 6.45) is 1.56. The minimum absolute atomic E-state index is 0.412. The molecule has 0 amide bonds. The van der Waals surface area contributed by atoms with Crippen molar-refractivity contribution < 1.29 is 18.4 Å². The summed E-state index contributed by atoms with van der Waals surface area (Å²) in [6.45, 7) is 1.75. The van der Waals surface area contributed by atoms with Crippen molar-refractivity contribution in [2.24, 2.45) is 0 Å². The van der Waals surface area contributed by atoms with Gasteiger partial charge in [0.05, 0.1) is 24.5 Å². The number of nitrogens with zero attached hydrogens (tertiary/aromatic N) is 1. The highest BCUT2D eigenvalue weighted by Gasteiger charge is 2.17. The van der Waals surface area contributed by atoms with Gasteiger partial charge in [0.1, 0.15) is 11.3 Å². The van der Waals surface area contributed by atoms with E-state index in [2.05, 4.69) is 4.98 Å². The normalized spacial score (nSPS) is 10.8. The molecule has 5 heteroatoms. The third-order valence-corrected chi connectivity index (χ3v) is 2.80. The van der Waals surface area contributed by atoms with Crippen LogP contribution in [0.2, 0.25) is 0 Å². The van der Waals surface area contributed by atoms with Gasteiger partial charge in [-0.2, -0.15) is 0 Å². The van der Waals surface area contributed by atoms with Crippen molar-refractivity contribution in [3.63, 3.8) is 0 Å². The van der Waals surface area contributed by atoms with Crippen molar-refractivity contribution in [1.82, 2.24) is 4.98 Å². The molecule has 0 radical (unpaired) electrons. The number of hydrogen-bond acceptors (Lipinski definition) is 5. The van der Waals surface area contributed by atoms with Gasteiger partial charge in [0.25, 0.3) is 0 Å². The summed E-state index contributed by atoms with van der Waals surface area (Å²) in [5.41, 5.74) is 2.30. The molecule has 0 aliphatic heterocycles. The number of aryl methyl sites for hydroxylation is 1. The summed E-state index contributed by atoms with van der Waals surface area (Å²) in [7, 11) is 1.34. The molecule has 0 aliphatic carbocycles. The molecule has 1 aromatic carbocycles. The van der Waals surface area contributed by atoms with Gasteiger partial charge in [-0.05, 0) is 24.3 Å². The standard InChI is InChI=1S/C14H11NO4/c1-8-15-11-7-9(14(16)17-2)6-10(13(11)19-8)12-4-3-5-18-12/h3-7H,1-2H3. The Morgan fingerprint density at radius 3 is 2.89 bits per heavy atom. The molecule has 0 fully saturated rings. The fourth-order valence-corrected chi connectivity index (χ4v) is 1.99. The molecule has 0 atom stereocenters. The first-order chi connectivity index (χ1) is 9.19. The predicted octanol–water partition coefficient (Wildman–Crippen LogP) is 3.18. The Kier molecular flexibility index (Phi) is 2.59. The number of carbonyl (C=O) groups is 1. The van der Waals surface area contributed by atoms with E-state index in [0.29, 0.717) is 33.9 Å². The third-order valence-electron chi connectivity index (χ3n) is 2.80. The summed E-state index contributed by atoms with van der Waals surface area (Å²) in [6, 6.07) is 6.89. The fraction of sp³-hybridized carbons (Fsp3) is 0.143. The lowest BCUT2D eigenvalue weighted by molar-refractivity contribution is 0.0601. The zero-order chi connectivity index (χ0) is 13.4. The number of rotatable bonds is 2. The number of methoxy groups -OCH3 is 1. The molecule has 0 bridgehead atoms. The number of carbonyl (C=O) groups excluding carboxylic acids is 1. The lowest BCUT2D eigenvalue weighted by Gasteiger charge is -2.02. The highest BCUT2D eigenvalue weighted by atomic mass is 16.5. The van der Waals surface area contributed by atoms with E-state index in [4.69, 9.17) is 13.6 Å². The topological polar surface area (TPSA) is 65.5 Å². The second-order valence-corrected chi connectivity index (χ2v) is 4.07. The number of hydrogen-bond donors (Lipinski definition) is 0. The Morgan fingerprint density at radius 1 is 1.37 bits per heavy atom. The molecule has 0 saturated heterocycles. The summed E-state index contributed by atoms with van der Waals surface area (Å²) in [4.78, 5) is 15.9. The van der Waals surface area contributed by atoms with Gasteiger partial charge in [-0.25, -0.2) is 9.78 Å². The van der Waals surface area contributed by atoms with Gasteiger partial charge in [0.15, 0.2) is 11.5 Å². The van der Waals surface area contributed by atoms with Crippen LogP contribution in [0.5, 0.6) is 0 Å². The number of esters is 1. The molecule has 0 unspecified atom stereocenters. The van der Waals surface area contributed by atoms with E-state index in [0.717, 1.165) is 0 Å². The first kappa shape index (κ1) is 11.5. The molecule has 0 aliphatic rings. The lowest BCUT2D eigenvalue weighted by atomic mass is 10.1. The molecule has 0 N–H and O–H groups in total. The van der Waals surface area contributed by atoms with Crippen LogP contribution in [0.15, 0.2) is 39.4 Å². The molecule has 96 valence electrons. The molecule has 5 nitrogen and oxygen atoms in total. The molecule has 0 saturated carbocycles. The lowest BCUT2D eigenvalue weighted by Crippen LogP contribution is -2.01. The largest absolute Gasteiger partial charge is 0.465 e. The monoisotopic (exact) mass is 257 g/mol. The molecule has 2 heterocycles. The van der Waals surface area contributed by atoms with Gasteiger partial charge in [0.2, 0.25) is 0 Å². The Bertz CT molecular complexity index is 740. The maximum absolute atomic E-state index is 11.7. The van der Waals surface area contributed by atoms with Crippen LogP contribution in [0.1, 0.15) is 16.2 Å². The maximum Gasteiger partial charge on any atom is 0.337 e. The SMILES string of the molecule is COC(=O)c1cc(-c2ccco2)c2oc(C)nc2c1. The van der Waals surface area contributed by atoms with Crippen LogP contribution in [0.4, 0.5) is 0 Å². The highest BCUT2D eigenvalue weighted by Crippen LogP contribution is 2.31. The third kappa shape index (κ3) is 1.89. The number of aromatic nitrogens is 1. The van der Waals surface area contributed by atoms with Gasteiger partial charge in [-0.15, -0.1) is 0 Å². The quantitative estimate of drug-likeness (QED) is 0.659. The average Bonchev–Trinajstić information content (AvgIpc) is 3.04. The Labute approximate surface area is 108 Å². The minimum Gasteiger partial charge on any atom is -0.465 e. The molecular formula is C14H11NO4. The van der Waals surface area contributed by atoms with Crippen molar-refractivity contribution in [2.75, 3.05) is 7.11 Å². The Balaban J connectivity index is 2.31. The van der Waals surface area contributed by atoms with E-state index in [1.54, 1.807) is 37.5 Å². The second-order valence-electron chi connectivity index (χ2n) is 4.07. The fourth-order valence-electron chi connectivity index (χ4n) is 1.99. The molecular weight excluding hydrogens is 246 g/mol. The second kappa shape index (κ2) is 4.28. The van der Waals surface area contributed by atoms with Gasteiger partial charge < -0.3 is 13.6 Å². The molecule has 3 rings (SSSR count). The first-order valence-corrected chi connectivity index (χ1v) is 5.72. The molecule has 2 aromatic heterocycles. The smallest absolute Gasteiger partial charge is 0.337 e. The summed E-state index contributed by atoms with van der Waals surface area (Å²) in [5, 5.41) is 0. The van der Waals surface area contributed by atoms with Gasteiger partial charge in [0, 0.05) is 6.92 Å². The van der Waals surface area contributed by atoms with Crippen molar-refractivity contribution >= 4 is 17.1 Å². The molecule has 0 spiro atoms. The predicted molar refractivity (Wildman–Crippen MR) is 67.8 cm³/mol. The summed E-state index contributed by atoms with van der Waals surface area (Å²) < 4.78 is 15.7. The van der Waals surface area contributed by atoms with Crippen LogP contribution in [0.3, 0.4) is 0 Å². The van der Waals surface area contributed by atoms with E-state index < -0.39 is 5.97 Å². The first-order valence-electron chi connectivity index (χ1n) is 5.72. The van der Waals surface area contributed by atoms with Gasteiger partial charge in [-0.3, -0.25) is 0 Å². The van der Waals surface area contributed by atoms with Crippen molar-refractivity contribution in [3.8, 4) is 11.3 Å². The van der Waals surface area contributed by atoms with Crippen LogP contribution in [-0.4, -0.2) is 18.1 Å². The van der Waals surface area contributed by atoms with E-state index in [9.17, 15) is 4.79 Å². The van der Waals surface area contributed by atoms with Crippen molar-refractivity contribution in [3.05, 3.63) is 42.0 Å². The van der Waals surface area contributed by atoms with Crippen molar-refractivity contribution in [2.45, 2.75) is 6.92 Å². The maximum atomic E-state index is 11.7. The number of ether oxygens (including phenoxy) is 1. The Hall–Kier alpha value is -2.56. The van der Waals surface area contributed by atoms with E-state index in [-0.39, 0.29) is 0 Å².